The van der Waals surface area contributed by atoms with Crippen molar-refractivity contribution in [1.29, 1.82) is 0 Å². The molecule has 1 aromatic heterocycles. The van der Waals surface area contributed by atoms with Gasteiger partial charge < -0.3 is 9.52 Å². The van der Waals surface area contributed by atoms with Crippen molar-refractivity contribution >= 4 is 57.6 Å². The Morgan fingerprint density at radius 2 is 1.84 bits per heavy atom. The fraction of sp³-hybridized carbons (Fsp3) is 0. The molecule has 160 valence electrons. The third kappa shape index (κ3) is 3.96. The van der Waals surface area contributed by atoms with Gasteiger partial charge in [-0.15, -0.1) is 0 Å². The van der Waals surface area contributed by atoms with Crippen molar-refractivity contribution in [3.63, 3.8) is 0 Å². The lowest BCUT2D eigenvalue weighted by atomic mass is 10.1. The van der Waals surface area contributed by atoms with Crippen LogP contribution in [0.4, 0.5) is 17.1 Å². The van der Waals surface area contributed by atoms with Crippen molar-refractivity contribution < 1.29 is 19.4 Å². The van der Waals surface area contributed by atoms with Crippen LogP contribution < -0.4 is 0 Å². The van der Waals surface area contributed by atoms with Crippen LogP contribution in [0, 0.1) is 20.2 Å². The molecule has 0 bridgehead atoms. The Bertz CT molecular complexity index is 1430. The van der Waals surface area contributed by atoms with Gasteiger partial charge in [-0.3, -0.25) is 25.2 Å². The number of benzene rings is 3. The van der Waals surface area contributed by atoms with Gasteiger partial charge >= 0.3 is 5.69 Å². The largest absolute Gasteiger partial charge is 0.502 e. The lowest BCUT2D eigenvalue weighted by molar-refractivity contribution is -0.394. The summed E-state index contributed by atoms with van der Waals surface area (Å²) in [6, 6.07) is 11.5. The number of aromatic nitrogens is 1. The summed E-state index contributed by atoms with van der Waals surface area (Å²) in [5.74, 6) is -0.481. The zero-order chi connectivity index (χ0) is 23.0. The molecular weight excluding hydrogens is 463 g/mol. The molecule has 10 nitrogen and oxygen atoms in total. The number of rotatable bonds is 5. The van der Waals surface area contributed by atoms with E-state index < -0.39 is 27.0 Å². The normalized spacial score (nSPS) is 11.3. The molecule has 0 aliphatic heterocycles. The van der Waals surface area contributed by atoms with Crippen LogP contribution in [0.1, 0.15) is 5.56 Å². The maximum Gasteiger partial charge on any atom is 0.318 e. The standard InChI is InChI=1S/C20H10Cl2N4O6/c21-14-3-1-2-13(18(14)22)20-24-15-7-11(4-5-17(15)32-20)23-9-10-6-12(25(28)29)8-16(19(10)27)26(30)31/h1-9,27H. The van der Waals surface area contributed by atoms with Crippen molar-refractivity contribution in [1.82, 2.24) is 4.98 Å². The molecule has 1 heterocycles. The quantitative estimate of drug-likeness (QED) is 0.210. The molecule has 0 aliphatic rings. The summed E-state index contributed by atoms with van der Waals surface area (Å²) in [4.78, 5) is 28.9. The number of non-ortho nitro benzene ring substituents is 1. The van der Waals surface area contributed by atoms with Crippen molar-refractivity contribution in [3.05, 3.63) is 84.4 Å². The predicted octanol–water partition coefficient (Wildman–Crippen LogP) is 6.07. The Hall–Kier alpha value is -4.02. The van der Waals surface area contributed by atoms with Gasteiger partial charge in [0.05, 0.1) is 37.2 Å². The van der Waals surface area contributed by atoms with Gasteiger partial charge in [0.1, 0.15) is 5.52 Å². The topological polar surface area (TPSA) is 145 Å². The number of hydrogen-bond donors (Lipinski definition) is 1. The second-order valence-corrected chi connectivity index (χ2v) is 7.23. The van der Waals surface area contributed by atoms with E-state index in [2.05, 4.69) is 9.98 Å². The summed E-state index contributed by atoms with van der Waals surface area (Å²) >= 11 is 12.2. The SMILES string of the molecule is O=[N+]([O-])c1cc(C=Nc2ccc3oc(-c4cccc(Cl)c4Cl)nc3c2)c(O)c([N+](=O)[O-])c1. The summed E-state index contributed by atoms with van der Waals surface area (Å²) in [5.41, 5.74) is 0.236. The molecule has 0 unspecified atom stereocenters. The number of nitrogens with zero attached hydrogens (tertiary/aromatic N) is 4. The van der Waals surface area contributed by atoms with E-state index in [-0.39, 0.29) is 11.5 Å². The third-order valence-corrected chi connectivity index (χ3v) is 5.24. The van der Waals surface area contributed by atoms with Gasteiger partial charge in [0.25, 0.3) is 5.69 Å². The molecule has 0 amide bonds. The van der Waals surface area contributed by atoms with Crippen LogP contribution in [0.15, 0.2) is 57.9 Å². The summed E-state index contributed by atoms with van der Waals surface area (Å²) in [6.07, 6.45) is 1.09. The highest BCUT2D eigenvalue weighted by Crippen LogP contribution is 2.36. The minimum Gasteiger partial charge on any atom is -0.502 e. The average molecular weight is 473 g/mol. The van der Waals surface area contributed by atoms with Crippen molar-refractivity contribution in [3.8, 4) is 17.2 Å². The molecule has 0 aliphatic carbocycles. The Kier molecular flexibility index (Phi) is 5.47. The number of phenols is 1. The van der Waals surface area contributed by atoms with Crippen molar-refractivity contribution in [2.45, 2.75) is 0 Å². The second kappa shape index (κ2) is 8.25. The molecule has 0 radical (unpaired) electrons. The smallest absolute Gasteiger partial charge is 0.318 e. The van der Waals surface area contributed by atoms with Gasteiger partial charge in [0.15, 0.2) is 5.58 Å². The average Bonchev–Trinajstić information content (AvgIpc) is 3.17. The summed E-state index contributed by atoms with van der Waals surface area (Å²) < 4.78 is 5.71. The molecule has 32 heavy (non-hydrogen) atoms. The number of halogens is 2. The van der Waals surface area contributed by atoms with E-state index in [1.165, 1.54) is 0 Å². The highest BCUT2D eigenvalue weighted by atomic mass is 35.5. The number of aliphatic imine (C=N–C) groups is 1. The van der Waals surface area contributed by atoms with E-state index >= 15 is 0 Å². The molecule has 4 rings (SSSR count). The predicted molar refractivity (Wildman–Crippen MR) is 118 cm³/mol. The van der Waals surface area contributed by atoms with Gasteiger partial charge in [0.2, 0.25) is 11.6 Å². The molecule has 12 heteroatoms. The highest BCUT2D eigenvalue weighted by Gasteiger charge is 2.23. The Labute approximate surface area is 188 Å². The fourth-order valence-corrected chi connectivity index (χ4v) is 3.27. The Morgan fingerprint density at radius 3 is 2.56 bits per heavy atom. The van der Waals surface area contributed by atoms with Gasteiger partial charge in [-0.2, -0.15) is 0 Å². The number of aromatic hydroxyl groups is 1. The van der Waals surface area contributed by atoms with Gasteiger partial charge in [0, 0.05) is 17.8 Å². The van der Waals surface area contributed by atoms with Crippen LogP contribution in [0.2, 0.25) is 10.0 Å². The molecule has 3 aromatic carbocycles. The van der Waals surface area contributed by atoms with Crippen LogP contribution in [0.3, 0.4) is 0 Å². The summed E-state index contributed by atoms with van der Waals surface area (Å²) in [7, 11) is 0. The highest BCUT2D eigenvalue weighted by molar-refractivity contribution is 6.43. The maximum absolute atomic E-state index is 11.1. The van der Waals surface area contributed by atoms with Crippen LogP contribution in [0.5, 0.6) is 5.75 Å². The first-order valence-corrected chi connectivity index (χ1v) is 9.55. The minimum absolute atomic E-state index is 0.183. The Morgan fingerprint density at radius 1 is 1.06 bits per heavy atom. The molecule has 0 saturated heterocycles. The van der Waals surface area contributed by atoms with Crippen LogP contribution >= 0.6 is 23.2 Å². The number of phenolic OH excluding ortho intramolecular Hbond substituents is 1. The molecule has 0 spiro atoms. The molecular formula is C20H10Cl2N4O6. The monoisotopic (exact) mass is 472 g/mol. The van der Waals surface area contributed by atoms with Crippen molar-refractivity contribution in [2.24, 2.45) is 4.99 Å². The first-order chi connectivity index (χ1) is 15.2. The van der Waals surface area contributed by atoms with Crippen LogP contribution in [-0.4, -0.2) is 26.2 Å². The van der Waals surface area contributed by atoms with E-state index in [1.54, 1.807) is 36.4 Å². The lowest BCUT2D eigenvalue weighted by Gasteiger charge is -2.01. The summed E-state index contributed by atoms with van der Waals surface area (Å²) in [6.45, 7) is 0. The number of hydrogen-bond acceptors (Lipinski definition) is 8. The molecule has 1 N–H and O–H groups in total. The third-order valence-electron chi connectivity index (χ3n) is 4.42. The van der Waals surface area contributed by atoms with Gasteiger partial charge in [-0.05, 0) is 30.3 Å². The van der Waals surface area contributed by atoms with E-state index in [0.29, 0.717) is 38.5 Å². The second-order valence-electron chi connectivity index (χ2n) is 6.45. The number of oxazole rings is 1. The number of nitro benzene ring substituents is 2. The molecule has 4 aromatic rings. The zero-order valence-corrected chi connectivity index (χ0v) is 17.2. The first kappa shape index (κ1) is 21.2. The number of nitro groups is 2. The lowest BCUT2D eigenvalue weighted by Crippen LogP contribution is -1.96. The van der Waals surface area contributed by atoms with Gasteiger partial charge in [-0.1, -0.05) is 29.3 Å². The van der Waals surface area contributed by atoms with E-state index in [0.717, 1.165) is 12.3 Å². The molecule has 0 fully saturated rings. The van der Waals surface area contributed by atoms with Gasteiger partial charge in [-0.25, -0.2) is 4.98 Å². The zero-order valence-electron chi connectivity index (χ0n) is 15.7. The van der Waals surface area contributed by atoms with E-state index in [1.807, 2.05) is 0 Å². The molecule has 0 saturated carbocycles. The van der Waals surface area contributed by atoms with E-state index in [4.69, 9.17) is 27.6 Å². The fourth-order valence-electron chi connectivity index (χ4n) is 2.89. The van der Waals surface area contributed by atoms with Crippen molar-refractivity contribution in [2.75, 3.05) is 0 Å². The van der Waals surface area contributed by atoms with Crippen LogP contribution in [-0.2, 0) is 0 Å². The first-order valence-electron chi connectivity index (χ1n) is 8.79. The number of fused-ring (bicyclic) bond motifs is 1. The van der Waals surface area contributed by atoms with Crippen LogP contribution in [0.25, 0.3) is 22.6 Å². The minimum atomic E-state index is -0.913. The summed E-state index contributed by atoms with van der Waals surface area (Å²) in [5, 5.41) is 32.9. The maximum atomic E-state index is 11.1. The Balaban J connectivity index is 1.72. The molecule has 0 atom stereocenters. The van der Waals surface area contributed by atoms with E-state index in [9.17, 15) is 25.3 Å².